The molecule has 174 valence electrons. The van der Waals surface area contributed by atoms with Crippen molar-refractivity contribution in [1.82, 2.24) is 20.3 Å². The van der Waals surface area contributed by atoms with Crippen molar-refractivity contribution in [2.75, 3.05) is 0 Å². The highest BCUT2D eigenvalue weighted by atomic mass is 16.4. The minimum Gasteiger partial charge on any atom is -0.440 e. The van der Waals surface area contributed by atoms with Crippen LogP contribution in [-0.2, 0) is 11.2 Å². The predicted octanol–water partition coefficient (Wildman–Crippen LogP) is 4.74. The van der Waals surface area contributed by atoms with Gasteiger partial charge in [-0.25, -0.2) is 9.97 Å². The van der Waals surface area contributed by atoms with Gasteiger partial charge in [-0.3, -0.25) is 9.59 Å². The van der Waals surface area contributed by atoms with Gasteiger partial charge in [-0.05, 0) is 44.2 Å². The fourth-order valence-electron chi connectivity index (χ4n) is 4.67. The number of hydrogen-bond donors (Lipinski definition) is 2. The van der Waals surface area contributed by atoms with Gasteiger partial charge < -0.3 is 14.7 Å². The number of aryl methyl sites for hydroxylation is 1. The van der Waals surface area contributed by atoms with E-state index in [-0.39, 0.29) is 17.5 Å². The number of para-hydroxylation sites is 1. The van der Waals surface area contributed by atoms with Crippen molar-refractivity contribution >= 4 is 16.8 Å². The third kappa shape index (κ3) is 5.09. The van der Waals surface area contributed by atoms with E-state index in [1.54, 1.807) is 12.3 Å². The third-order valence-electron chi connectivity index (χ3n) is 6.50. The summed E-state index contributed by atoms with van der Waals surface area (Å²) in [7, 11) is 0. The minimum atomic E-state index is -0.135. The first-order chi connectivity index (χ1) is 16.7. The number of hydrogen-bond acceptors (Lipinski definition) is 5. The monoisotopic (exact) mass is 456 g/mol. The lowest BCUT2D eigenvalue weighted by molar-refractivity contribution is -0.122. The summed E-state index contributed by atoms with van der Waals surface area (Å²) in [6.07, 6.45) is 7.14. The fourth-order valence-corrected chi connectivity index (χ4v) is 4.67. The van der Waals surface area contributed by atoms with Crippen molar-refractivity contribution in [3.05, 3.63) is 82.9 Å². The third-order valence-corrected chi connectivity index (χ3v) is 6.50. The molecule has 2 N–H and O–H groups in total. The van der Waals surface area contributed by atoms with E-state index in [9.17, 15) is 9.59 Å². The molecular formula is C27H28N4O3. The number of aromatic nitrogens is 3. The van der Waals surface area contributed by atoms with Gasteiger partial charge in [0, 0.05) is 30.4 Å². The molecule has 0 aliphatic heterocycles. The first-order valence-corrected chi connectivity index (χ1v) is 11.9. The molecule has 7 nitrogen and oxygen atoms in total. The molecule has 1 fully saturated rings. The van der Waals surface area contributed by atoms with Gasteiger partial charge in [-0.1, -0.05) is 42.5 Å². The molecule has 2 heterocycles. The smallest absolute Gasteiger partial charge is 0.258 e. The Morgan fingerprint density at radius 1 is 1.03 bits per heavy atom. The zero-order chi connectivity index (χ0) is 23.3. The molecule has 2 aromatic carbocycles. The Balaban J connectivity index is 1.07. The second kappa shape index (κ2) is 10.0. The quantitative estimate of drug-likeness (QED) is 0.418. The summed E-state index contributed by atoms with van der Waals surface area (Å²) in [4.78, 5) is 36.5. The summed E-state index contributed by atoms with van der Waals surface area (Å²) < 4.78 is 6.03. The van der Waals surface area contributed by atoms with E-state index in [2.05, 4.69) is 20.3 Å². The van der Waals surface area contributed by atoms with Gasteiger partial charge in [0.1, 0.15) is 5.82 Å². The summed E-state index contributed by atoms with van der Waals surface area (Å²) in [5.74, 6) is 2.56. The van der Waals surface area contributed by atoms with Crippen LogP contribution in [0.15, 0.2) is 70.0 Å². The van der Waals surface area contributed by atoms with Crippen LogP contribution in [0, 0.1) is 0 Å². The van der Waals surface area contributed by atoms with Crippen LogP contribution in [0.4, 0.5) is 0 Å². The molecule has 1 saturated carbocycles. The lowest BCUT2D eigenvalue weighted by atomic mass is 9.86. The van der Waals surface area contributed by atoms with E-state index >= 15 is 0 Å². The maximum atomic E-state index is 12.5. The molecule has 2 aromatic heterocycles. The van der Waals surface area contributed by atoms with E-state index in [0.29, 0.717) is 41.9 Å². The minimum absolute atomic E-state index is 0.0501. The van der Waals surface area contributed by atoms with Crippen molar-refractivity contribution < 1.29 is 9.21 Å². The molecule has 0 radical (unpaired) electrons. The Labute approximate surface area is 197 Å². The molecule has 0 atom stereocenters. The number of aromatic amines is 1. The molecule has 4 aromatic rings. The standard InChI is InChI=1S/C27H28N4O3/c32-25(12-6-11-24-30-22-10-5-4-9-21(22)26(33)31-24)29-20-15-13-19(14-16-20)27-28-17-23(34-27)18-7-2-1-3-8-18/h1-5,7-10,17,19-20H,6,11-16H2,(H,29,32)(H,30,31,33)/t19-,20-. The molecule has 0 unspecified atom stereocenters. The predicted molar refractivity (Wildman–Crippen MR) is 130 cm³/mol. The van der Waals surface area contributed by atoms with Crippen molar-refractivity contribution in [3.63, 3.8) is 0 Å². The van der Waals surface area contributed by atoms with Crippen LogP contribution in [0.1, 0.15) is 56.2 Å². The Kier molecular flexibility index (Phi) is 6.51. The lowest BCUT2D eigenvalue weighted by Gasteiger charge is -2.27. The number of oxazole rings is 1. The van der Waals surface area contributed by atoms with Gasteiger partial charge in [0.2, 0.25) is 5.91 Å². The Hall–Kier alpha value is -3.74. The van der Waals surface area contributed by atoms with E-state index < -0.39 is 0 Å². The van der Waals surface area contributed by atoms with Gasteiger partial charge in [-0.2, -0.15) is 0 Å². The van der Waals surface area contributed by atoms with Crippen LogP contribution < -0.4 is 10.9 Å². The number of nitrogens with zero attached hydrogens (tertiary/aromatic N) is 2. The van der Waals surface area contributed by atoms with Crippen molar-refractivity contribution in [2.24, 2.45) is 0 Å². The Morgan fingerprint density at radius 3 is 2.62 bits per heavy atom. The Bertz CT molecular complexity index is 1320. The Morgan fingerprint density at radius 2 is 1.79 bits per heavy atom. The van der Waals surface area contributed by atoms with Gasteiger partial charge in [0.25, 0.3) is 5.56 Å². The maximum absolute atomic E-state index is 12.5. The van der Waals surface area contributed by atoms with Crippen LogP contribution in [0.3, 0.4) is 0 Å². The number of fused-ring (bicyclic) bond motifs is 1. The summed E-state index contributed by atoms with van der Waals surface area (Å²) in [5, 5.41) is 3.75. The van der Waals surface area contributed by atoms with Gasteiger partial charge in [0.05, 0.1) is 17.1 Å². The van der Waals surface area contributed by atoms with Crippen LogP contribution in [-0.4, -0.2) is 26.9 Å². The topological polar surface area (TPSA) is 101 Å². The van der Waals surface area contributed by atoms with E-state index in [1.807, 2.05) is 48.5 Å². The van der Waals surface area contributed by atoms with Crippen LogP contribution in [0.5, 0.6) is 0 Å². The molecule has 7 heteroatoms. The zero-order valence-electron chi connectivity index (χ0n) is 19.0. The SMILES string of the molecule is O=C(CCCc1nc2ccccc2c(=O)[nH]1)N[C@H]1CC[C@H](c2ncc(-c3ccccc3)o2)CC1. The largest absolute Gasteiger partial charge is 0.440 e. The molecule has 1 aliphatic rings. The average Bonchev–Trinajstić information content (AvgIpc) is 3.36. The first-order valence-electron chi connectivity index (χ1n) is 11.9. The molecule has 0 bridgehead atoms. The van der Waals surface area contributed by atoms with E-state index in [4.69, 9.17) is 4.42 Å². The van der Waals surface area contributed by atoms with Crippen LogP contribution in [0.2, 0.25) is 0 Å². The van der Waals surface area contributed by atoms with Gasteiger partial charge in [-0.15, -0.1) is 0 Å². The number of carbonyl (C=O) groups is 1. The molecule has 5 rings (SSSR count). The molecule has 0 saturated heterocycles. The number of H-pyrrole nitrogens is 1. The summed E-state index contributed by atoms with van der Waals surface area (Å²) in [5.41, 5.74) is 1.58. The van der Waals surface area contributed by atoms with E-state index in [0.717, 1.165) is 42.9 Å². The van der Waals surface area contributed by atoms with Crippen LogP contribution >= 0.6 is 0 Å². The highest BCUT2D eigenvalue weighted by Gasteiger charge is 2.26. The fraction of sp³-hybridized carbons (Fsp3) is 0.333. The zero-order valence-corrected chi connectivity index (χ0v) is 19.0. The number of amides is 1. The van der Waals surface area contributed by atoms with Crippen LogP contribution in [0.25, 0.3) is 22.2 Å². The normalized spacial score (nSPS) is 18.1. The molecule has 34 heavy (non-hydrogen) atoms. The summed E-state index contributed by atoms with van der Waals surface area (Å²) >= 11 is 0. The average molecular weight is 457 g/mol. The molecule has 1 aliphatic carbocycles. The number of benzene rings is 2. The summed E-state index contributed by atoms with van der Waals surface area (Å²) in [6.45, 7) is 0. The molecule has 1 amide bonds. The van der Waals surface area contributed by atoms with Gasteiger partial charge in [0.15, 0.2) is 11.7 Å². The van der Waals surface area contributed by atoms with E-state index in [1.165, 1.54) is 0 Å². The van der Waals surface area contributed by atoms with Crippen molar-refractivity contribution in [1.29, 1.82) is 0 Å². The van der Waals surface area contributed by atoms with Gasteiger partial charge >= 0.3 is 0 Å². The number of nitrogens with one attached hydrogen (secondary N) is 2. The second-order valence-corrected chi connectivity index (χ2v) is 8.93. The highest BCUT2D eigenvalue weighted by molar-refractivity contribution is 5.77. The maximum Gasteiger partial charge on any atom is 0.258 e. The molecule has 0 spiro atoms. The first kappa shape index (κ1) is 22.1. The second-order valence-electron chi connectivity index (χ2n) is 8.93. The van der Waals surface area contributed by atoms with Crippen molar-refractivity contribution in [2.45, 2.75) is 56.9 Å². The number of rotatable bonds is 7. The number of carbonyl (C=O) groups excluding carboxylic acids is 1. The summed E-state index contributed by atoms with van der Waals surface area (Å²) in [6, 6.07) is 17.5. The van der Waals surface area contributed by atoms with Crippen molar-refractivity contribution in [3.8, 4) is 11.3 Å². The highest BCUT2D eigenvalue weighted by Crippen LogP contribution is 2.34. The molecular weight excluding hydrogens is 428 g/mol. The lowest BCUT2D eigenvalue weighted by Crippen LogP contribution is -2.37.